The minimum absolute atomic E-state index is 0.125. The van der Waals surface area contributed by atoms with Crippen LogP contribution in [0.3, 0.4) is 0 Å². The standard InChI is InChI=1S/C17H25NO4/c1-12(2)15(19)16(20)18-14(17-21-10-11-22-17)9-8-13-6-4-3-5-7-13/h3-7,12,14-15,17,19H,8-11H2,1-2H3,(H,18,20)/t14-,15-/m0/s1. The van der Waals surface area contributed by atoms with Crippen molar-refractivity contribution in [1.29, 1.82) is 0 Å². The van der Waals surface area contributed by atoms with E-state index in [2.05, 4.69) is 17.4 Å². The summed E-state index contributed by atoms with van der Waals surface area (Å²) in [5.41, 5.74) is 1.20. The van der Waals surface area contributed by atoms with Crippen LogP contribution in [0.2, 0.25) is 0 Å². The van der Waals surface area contributed by atoms with Crippen LogP contribution in [-0.2, 0) is 20.7 Å². The van der Waals surface area contributed by atoms with E-state index in [1.54, 1.807) is 0 Å². The Balaban J connectivity index is 1.95. The fourth-order valence-electron chi connectivity index (χ4n) is 2.42. The lowest BCUT2D eigenvalue weighted by atomic mass is 10.0. The van der Waals surface area contributed by atoms with Gasteiger partial charge in [0.25, 0.3) is 0 Å². The molecule has 0 spiro atoms. The van der Waals surface area contributed by atoms with E-state index < -0.39 is 12.4 Å². The molecular formula is C17H25NO4. The van der Waals surface area contributed by atoms with Crippen LogP contribution in [-0.4, -0.2) is 42.7 Å². The van der Waals surface area contributed by atoms with Gasteiger partial charge in [0.1, 0.15) is 6.10 Å². The number of aliphatic hydroxyl groups is 1. The van der Waals surface area contributed by atoms with Crippen LogP contribution in [0.15, 0.2) is 30.3 Å². The van der Waals surface area contributed by atoms with Gasteiger partial charge in [0.15, 0.2) is 6.29 Å². The van der Waals surface area contributed by atoms with Gasteiger partial charge in [-0.05, 0) is 24.3 Å². The third kappa shape index (κ3) is 4.80. The normalized spacial score (nSPS) is 18.4. The molecule has 1 saturated heterocycles. The molecule has 122 valence electrons. The second-order valence-corrected chi connectivity index (χ2v) is 5.94. The Hall–Kier alpha value is -1.43. The summed E-state index contributed by atoms with van der Waals surface area (Å²) in [6.45, 7) is 4.70. The van der Waals surface area contributed by atoms with Gasteiger partial charge in [0.2, 0.25) is 5.91 Å². The molecule has 1 aliphatic heterocycles. The maximum absolute atomic E-state index is 12.1. The summed E-state index contributed by atoms with van der Waals surface area (Å²) in [6.07, 6.45) is 0.0607. The molecule has 2 N–H and O–H groups in total. The maximum atomic E-state index is 12.1. The van der Waals surface area contributed by atoms with E-state index in [9.17, 15) is 9.90 Å². The van der Waals surface area contributed by atoms with Crippen LogP contribution in [0.25, 0.3) is 0 Å². The first-order chi connectivity index (χ1) is 10.6. The van der Waals surface area contributed by atoms with Crippen LogP contribution >= 0.6 is 0 Å². The molecule has 1 aromatic carbocycles. The summed E-state index contributed by atoms with van der Waals surface area (Å²) in [6, 6.07) is 9.81. The van der Waals surface area contributed by atoms with E-state index in [4.69, 9.17) is 9.47 Å². The van der Waals surface area contributed by atoms with Crippen molar-refractivity contribution in [2.24, 2.45) is 5.92 Å². The molecule has 22 heavy (non-hydrogen) atoms. The maximum Gasteiger partial charge on any atom is 0.249 e. The van der Waals surface area contributed by atoms with Gasteiger partial charge in [0, 0.05) is 0 Å². The van der Waals surface area contributed by atoms with Crippen molar-refractivity contribution < 1.29 is 19.4 Å². The lowest BCUT2D eigenvalue weighted by Crippen LogP contribution is -2.49. The van der Waals surface area contributed by atoms with Crippen molar-refractivity contribution >= 4 is 5.91 Å². The lowest BCUT2D eigenvalue weighted by Gasteiger charge is -2.25. The van der Waals surface area contributed by atoms with Gasteiger partial charge in [0.05, 0.1) is 19.3 Å². The fourth-order valence-corrected chi connectivity index (χ4v) is 2.42. The van der Waals surface area contributed by atoms with Gasteiger partial charge < -0.3 is 19.9 Å². The highest BCUT2D eigenvalue weighted by molar-refractivity contribution is 5.81. The number of hydrogen-bond donors (Lipinski definition) is 2. The van der Waals surface area contributed by atoms with Gasteiger partial charge in [-0.25, -0.2) is 0 Å². The Morgan fingerprint density at radius 1 is 1.27 bits per heavy atom. The number of aliphatic hydroxyl groups excluding tert-OH is 1. The summed E-state index contributed by atoms with van der Waals surface area (Å²) >= 11 is 0. The average molecular weight is 307 g/mol. The molecule has 0 radical (unpaired) electrons. The SMILES string of the molecule is CC(C)[C@H](O)C(=O)N[C@@H](CCc1ccccc1)C1OCCO1. The van der Waals surface area contributed by atoms with Crippen molar-refractivity contribution in [2.75, 3.05) is 13.2 Å². The monoisotopic (exact) mass is 307 g/mol. The predicted octanol–water partition coefficient (Wildman–Crippen LogP) is 1.49. The van der Waals surface area contributed by atoms with Gasteiger partial charge in [-0.15, -0.1) is 0 Å². The van der Waals surface area contributed by atoms with E-state index >= 15 is 0 Å². The molecule has 5 heteroatoms. The van der Waals surface area contributed by atoms with E-state index in [1.807, 2.05) is 32.0 Å². The van der Waals surface area contributed by atoms with Crippen LogP contribution in [0.5, 0.6) is 0 Å². The molecule has 0 bridgehead atoms. The quantitative estimate of drug-likeness (QED) is 0.801. The summed E-state index contributed by atoms with van der Waals surface area (Å²) < 4.78 is 11.1. The number of carbonyl (C=O) groups excluding carboxylic acids is 1. The second-order valence-electron chi connectivity index (χ2n) is 5.94. The zero-order chi connectivity index (χ0) is 15.9. The average Bonchev–Trinajstić information content (AvgIpc) is 3.05. The molecule has 1 heterocycles. The van der Waals surface area contributed by atoms with Crippen LogP contribution in [0.4, 0.5) is 0 Å². The fraction of sp³-hybridized carbons (Fsp3) is 0.588. The molecule has 0 unspecified atom stereocenters. The van der Waals surface area contributed by atoms with Crippen LogP contribution in [0, 0.1) is 5.92 Å². The Kier molecular flexibility index (Phi) is 6.36. The second kappa shape index (κ2) is 8.27. The van der Waals surface area contributed by atoms with E-state index in [-0.39, 0.29) is 17.9 Å². The number of carbonyl (C=O) groups is 1. The Bertz CT molecular complexity index is 457. The number of aryl methyl sites for hydroxylation is 1. The number of nitrogens with one attached hydrogen (secondary N) is 1. The van der Waals surface area contributed by atoms with Crippen molar-refractivity contribution in [2.45, 2.75) is 45.1 Å². The molecular weight excluding hydrogens is 282 g/mol. The zero-order valence-corrected chi connectivity index (χ0v) is 13.2. The smallest absolute Gasteiger partial charge is 0.249 e. The number of benzene rings is 1. The molecule has 2 rings (SSSR count). The van der Waals surface area contributed by atoms with Crippen molar-refractivity contribution in [3.05, 3.63) is 35.9 Å². The van der Waals surface area contributed by atoms with Crippen LogP contribution in [0.1, 0.15) is 25.8 Å². The first-order valence-electron chi connectivity index (χ1n) is 7.83. The number of amides is 1. The third-order valence-corrected chi connectivity index (χ3v) is 3.79. The van der Waals surface area contributed by atoms with Gasteiger partial charge in [-0.1, -0.05) is 44.2 Å². The number of ether oxygens (including phenoxy) is 2. The molecule has 0 saturated carbocycles. The topological polar surface area (TPSA) is 67.8 Å². The highest BCUT2D eigenvalue weighted by Gasteiger charge is 2.30. The molecule has 2 atom stereocenters. The minimum Gasteiger partial charge on any atom is -0.383 e. The van der Waals surface area contributed by atoms with Crippen LogP contribution < -0.4 is 5.32 Å². The summed E-state index contributed by atoms with van der Waals surface area (Å²) in [5, 5.41) is 12.7. The van der Waals surface area contributed by atoms with Gasteiger partial charge >= 0.3 is 0 Å². The lowest BCUT2D eigenvalue weighted by molar-refractivity contribution is -0.136. The molecule has 1 fully saturated rings. The first-order valence-corrected chi connectivity index (χ1v) is 7.83. The highest BCUT2D eigenvalue weighted by Crippen LogP contribution is 2.15. The third-order valence-electron chi connectivity index (χ3n) is 3.79. The summed E-state index contributed by atoms with van der Waals surface area (Å²) in [4.78, 5) is 12.1. The molecule has 1 aromatic rings. The Morgan fingerprint density at radius 3 is 2.50 bits per heavy atom. The molecule has 1 aliphatic rings. The van der Waals surface area contributed by atoms with E-state index in [1.165, 1.54) is 5.56 Å². The number of rotatable bonds is 7. The van der Waals surface area contributed by atoms with Crippen molar-refractivity contribution in [1.82, 2.24) is 5.32 Å². The highest BCUT2D eigenvalue weighted by atomic mass is 16.7. The summed E-state index contributed by atoms with van der Waals surface area (Å²) in [7, 11) is 0. The van der Waals surface area contributed by atoms with E-state index in [0.717, 1.165) is 6.42 Å². The first kappa shape index (κ1) is 16.9. The zero-order valence-electron chi connectivity index (χ0n) is 13.2. The van der Waals surface area contributed by atoms with E-state index in [0.29, 0.717) is 19.6 Å². The molecule has 0 aliphatic carbocycles. The Labute approximate surface area is 131 Å². The van der Waals surface area contributed by atoms with Crippen molar-refractivity contribution in [3.63, 3.8) is 0 Å². The van der Waals surface area contributed by atoms with Gasteiger partial charge in [-0.3, -0.25) is 4.79 Å². The largest absolute Gasteiger partial charge is 0.383 e. The minimum atomic E-state index is -1.01. The Morgan fingerprint density at radius 2 is 1.91 bits per heavy atom. The summed E-state index contributed by atoms with van der Waals surface area (Å²) in [5.74, 6) is -0.493. The molecule has 0 aromatic heterocycles. The van der Waals surface area contributed by atoms with Crippen molar-refractivity contribution in [3.8, 4) is 0 Å². The van der Waals surface area contributed by atoms with Gasteiger partial charge in [-0.2, -0.15) is 0 Å². The predicted molar refractivity (Wildman–Crippen MR) is 83.2 cm³/mol. The molecule has 5 nitrogen and oxygen atoms in total. The molecule has 1 amide bonds. The number of hydrogen-bond acceptors (Lipinski definition) is 4.